The lowest BCUT2D eigenvalue weighted by molar-refractivity contribution is -0.130. The number of hydrogen-bond donors (Lipinski definition) is 2. The van der Waals surface area contributed by atoms with Crippen molar-refractivity contribution in [1.82, 2.24) is 10.2 Å². The van der Waals surface area contributed by atoms with E-state index in [4.69, 9.17) is 10.5 Å². The first kappa shape index (κ1) is 19.5. The molecule has 2 unspecified atom stereocenters. The third-order valence-electron chi connectivity index (χ3n) is 5.60. The summed E-state index contributed by atoms with van der Waals surface area (Å²) in [6.45, 7) is 2.02. The van der Waals surface area contributed by atoms with Crippen molar-refractivity contribution in [3.63, 3.8) is 0 Å². The van der Waals surface area contributed by atoms with Crippen LogP contribution in [-0.2, 0) is 14.3 Å². The summed E-state index contributed by atoms with van der Waals surface area (Å²) in [4.78, 5) is 26.6. The Morgan fingerprint density at radius 1 is 1.17 bits per heavy atom. The van der Waals surface area contributed by atoms with E-state index in [0.29, 0.717) is 32.2 Å². The number of halogens is 1. The van der Waals surface area contributed by atoms with Gasteiger partial charge in [-0.15, -0.1) is 12.4 Å². The number of nitrogens with one attached hydrogen (secondary N) is 1. The van der Waals surface area contributed by atoms with E-state index in [1.54, 1.807) is 0 Å². The summed E-state index contributed by atoms with van der Waals surface area (Å²) in [5, 5.41) is 3.01. The minimum absolute atomic E-state index is 0. The molecule has 1 aliphatic carbocycles. The quantitative estimate of drug-likeness (QED) is 0.790. The first-order chi connectivity index (χ1) is 11.1. The zero-order chi connectivity index (χ0) is 16.2. The van der Waals surface area contributed by atoms with Gasteiger partial charge in [0.05, 0.1) is 12.1 Å². The molecule has 2 heterocycles. The molecule has 3 N–H and O–H groups in total. The highest BCUT2D eigenvalue weighted by atomic mass is 35.5. The lowest BCUT2D eigenvalue weighted by atomic mass is 9.91. The molecule has 3 fully saturated rings. The number of nitrogens with zero attached hydrogens (tertiary/aromatic N) is 1. The van der Waals surface area contributed by atoms with Gasteiger partial charge >= 0.3 is 0 Å². The van der Waals surface area contributed by atoms with Gasteiger partial charge in [0.25, 0.3) is 0 Å². The van der Waals surface area contributed by atoms with Gasteiger partial charge in [-0.1, -0.05) is 19.3 Å². The van der Waals surface area contributed by atoms with Crippen molar-refractivity contribution in [3.8, 4) is 0 Å². The number of carbonyl (C=O) groups is 2. The maximum Gasteiger partial charge on any atom is 0.237 e. The van der Waals surface area contributed by atoms with E-state index < -0.39 is 6.04 Å². The van der Waals surface area contributed by atoms with Crippen LogP contribution in [0.3, 0.4) is 0 Å². The molecule has 7 heteroatoms. The molecule has 0 aromatic heterocycles. The number of nitrogens with two attached hydrogens (primary N) is 1. The second-order valence-corrected chi connectivity index (χ2v) is 7.22. The van der Waals surface area contributed by atoms with E-state index in [9.17, 15) is 9.59 Å². The van der Waals surface area contributed by atoms with Gasteiger partial charge in [-0.05, 0) is 31.6 Å². The van der Waals surface area contributed by atoms with E-state index in [1.807, 2.05) is 4.90 Å². The van der Waals surface area contributed by atoms with Crippen molar-refractivity contribution in [2.24, 2.45) is 11.7 Å². The van der Waals surface area contributed by atoms with Crippen LogP contribution >= 0.6 is 12.4 Å². The molecule has 2 aliphatic heterocycles. The Kier molecular flexibility index (Phi) is 7.32. The van der Waals surface area contributed by atoms with Crippen LogP contribution in [0, 0.1) is 5.92 Å². The number of likely N-dealkylation sites (tertiary alicyclic amines) is 1. The van der Waals surface area contributed by atoms with Gasteiger partial charge in [0.2, 0.25) is 11.8 Å². The third-order valence-corrected chi connectivity index (χ3v) is 5.60. The summed E-state index contributed by atoms with van der Waals surface area (Å²) in [6, 6.07) is -0.192. The molecule has 0 bridgehead atoms. The first-order valence-electron chi connectivity index (χ1n) is 9.08. The Morgan fingerprint density at radius 2 is 1.83 bits per heavy atom. The van der Waals surface area contributed by atoms with Gasteiger partial charge in [0, 0.05) is 32.2 Å². The molecule has 0 radical (unpaired) electrons. The fourth-order valence-electron chi connectivity index (χ4n) is 4.16. The van der Waals surface area contributed by atoms with Crippen molar-refractivity contribution in [1.29, 1.82) is 0 Å². The molecule has 3 rings (SSSR count). The maximum absolute atomic E-state index is 12.4. The predicted octanol–water partition coefficient (Wildman–Crippen LogP) is 1.21. The Bertz CT molecular complexity index is 437. The average molecular weight is 360 g/mol. The predicted molar refractivity (Wildman–Crippen MR) is 93.9 cm³/mol. The Balaban J connectivity index is 0.00000208. The van der Waals surface area contributed by atoms with Crippen molar-refractivity contribution in [2.45, 2.75) is 69.5 Å². The number of ether oxygens (including phenoxy) is 1. The first-order valence-corrected chi connectivity index (χ1v) is 9.08. The molecule has 0 aromatic carbocycles. The summed E-state index contributed by atoms with van der Waals surface area (Å²) >= 11 is 0. The zero-order valence-corrected chi connectivity index (χ0v) is 15.1. The molecule has 6 nitrogen and oxygen atoms in total. The summed E-state index contributed by atoms with van der Waals surface area (Å²) in [5.41, 5.74) is 6.12. The fraction of sp³-hybridized carbons (Fsp3) is 0.882. The van der Waals surface area contributed by atoms with E-state index >= 15 is 0 Å². The van der Waals surface area contributed by atoms with Gasteiger partial charge in [-0.25, -0.2) is 0 Å². The smallest absolute Gasteiger partial charge is 0.237 e. The number of amides is 2. The highest BCUT2D eigenvalue weighted by Crippen LogP contribution is 2.26. The van der Waals surface area contributed by atoms with Gasteiger partial charge in [0.15, 0.2) is 0 Å². The number of hydrogen-bond acceptors (Lipinski definition) is 4. The largest absolute Gasteiger partial charge is 0.381 e. The van der Waals surface area contributed by atoms with Crippen molar-refractivity contribution in [3.05, 3.63) is 0 Å². The molecule has 0 aromatic rings. The van der Waals surface area contributed by atoms with E-state index in [0.717, 1.165) is 25.7 Å². The summed E-state index contributed by atoms with van der Waals surface area (Å²) in [5.74, 6) is 0.261. The average Bonchev–Trinajstić information content (AvgIpc) is 2.96. The van der Waals surface area contributed by atoms with Crippen molar-refractivity contribution >= 4 is 24.2 Å². The summed E-state index contributed by atoms with van der Waals surface area (Å²) in [6.07, 6.45) is 8.00. The molecular formula is C17H30ClN3O3. The topological polar surface area (TPSA) is 84.7 Å². The highest BCUT2D eigenvalue weighted by molar-refractivity contribution is 5.85. The molecule has 2 amide bonds. The fourth-order valence-corrected chi connectivity index (χ4v) is 4.16. The lowest BCUT2D eigenvalue weighted by Gasteiger charge is -2.31. The zero-order valence-electron chi connectivity index (χ0n) is 14.2. The van der Waals surface area contributed by atoms with Crippen LogP contribution in [0.25, 0.3) is 0 Å². The molecule has 2 atom stereocenters. The lowest BCUT2D eigenvalue weighted by Crippen LogP contribution is -2.51. The maximum atomic E-state index is 12.4. The molecule has 24 heavy (non-hydrogen) atoms. The number of carbonyl (C=O) groups excluding carboxylic acids is 2. The molecule has 1 saturated carbocycles. The summed E-state index contributed by atoms with van der Waals surface area (Å²) < 4.78 is 5.32. The minimum atomic E-state index is -0.488. The van der Waals surface area contributed by atoms with Crippen molar-refractivity contribution < 1.29 is 14.3 Å². The van der Waals surface area contributed by atoms with Crippen LogP contribution in [0.2, 0.25) is 0 Å². The monoisotopic (exact) mass is 359 g/mol. The normalized spacial score (nSPS) is 27.6. The molecule has 0 spiro atoms. The molecule has 138 valence electrons. The van der Waals surface area contributed by atoms with Crippen LogP contribution in [0.1, 0.15) is 51.4 Å². The van der Waals surface area contributed by atoms with Gasteiger partial charge in [-0.2, -0.15) is 0 Å². The Morgan fingerprint density at radius 3 is 2.50 bits per heavy atom. The second-order valence-electron chi connectivity index (χ2n) is 7.22. The SMILES string of the molecule is Cl.NC(C(=O)NC1CC(=O)N(C2CCCCC2)C1)C1CCOCC1. The van der Waals surface area contributed by atoms with Gasteiger partial charge in [-0.3, -0.25) is 9.59 Å². The highest BCUT2D eigenvalue weighted by Gasteiger charge is 2.36. The number of rotatable bonds is 4. The van der Waals surface area contributed by atoms with E-state index in [1.165, 1.54) is 19.3 Å². The third kappa shape index (κ3) is 4.61. The van der Waals surface area contributed by atoms with E-state index in [-0.39, 0.29) is 36.2 Å². The molecule has 2 saturated heterocycles. The van der Waals surface area contributed by atoms with Crippen LogP contribution in [0.4, 0.5) is 0 Å². The summed E-state index contributed by atoms with van der Waals surface area (Å²) in [7, 11) is 0. The Labute approximate surface area is 150 Å². The van der Waals surface area contributed by atoms with Crippen LogP contribution < -0.4 is 11.1 Å². The molecule has 3 aliphatic rings. The molecular weight excluding hydrogens is 330 g/mol. The van der Waals surface area contributed by atoms with Gasteiger partial charge in [0.1, 0.15) is 0 Å². The van der Waals surface area contributed by atoms with Crippen LogP contribution in [0.5, 0.6) is 0 Å². The minimum Gasteiger partial charge on any atom is -0.381 e. The Hall–Kier alpha value is -0.850. The second kappa shape index (κ2) is 9.02. The van der Waals surface area contributed by atoms with Crippen LogP contribution in [0.15, 0.2) is 0 Å². The van der Waals surface area contributed by atoms with E-state index in [2.05, 4.69) is 5.32 Å². The standard InChI is InChI=1S/C17H29N3O3.ClH/c18-16(12-6-8-23-9-7-12)17(22)19-13-10-15(21)20(11-13)14-4-2-1-3-5-14;/h12-14,16H,1-11,18H2,(H,19,22);1H. The van der Waals surface area contributed by atoms with Crippen LogP contribution in [-0.4, -0.2) is 54.6 Å². The van der Waals surface area contributed by atoms with Gasteiger partial charge < -0.3 is 20.7 Å². The van der Waals surface area contributed by atoms with Crippen molar-refractivity contribution in [2.75, 3.05) is 19.8 Å².